The van der Waals surface area contributed by atoms with Crippen LogP contribution in [0.25, 0.3) is 16.8 Å². The second-order valence-corrected chi connectivity index (χ2v) is 9.39. The Kier molecular flexibility index (Phi) is 6.00. The maximum atomic E-state index is 13.9. The van der Waals surface area contributed by atoms with Crippen molar-refractivity contribution in [1.29, 1.82) is 0 Å². The molecule has 1 aliphatic heterocycles. The smallest absolute Gasteiger partial charge is 0.295 e. The summed E-state index contributed by atoms with van der Waals surface area (Å²) in [4.78, 5) is 24.6. The van der Waals surface area contributed by atoms with Crippen molar-refractivity contribution in [3.05, 3.63) is 64.7 Å². The van der Waals surface area contributed by atoms with E-state index in [-0.39, 0.29) is 11.9 Å². The summed E-state index contributed by atoms with van der Waals surface area (Å²) < 4.78 is 7.49. The molecule has 0 spiro atoms. The molecule has 9 heteroatoms. The van der Waals surface area contributed by atoms with Gasteiger partial charge in [0.25, 0.3) is 11.9 Å². The summed E-state index contributed by atoms with van der Waals surface area (Å²) in [5, 5.41) is 8.35. The lowest BCUT2D eigenvalue weighted by atomic mass is 9.90. The maximum Gasteiger partial charge on any atom is 0.295 e. The summed E-state index contributed by atoms with van der Waals surface area (Å²) in [7, 11) is 0. The van der Waals surface area contributed by atoms with Crippen LogP contribution in [0.3, 0.4) is 0 Å². The first-order chi connectivity index (χ1) is 16.4. The van der Waals surface area contributed by atoms with Gasteiger partial charge in [-0.15, -0.1) is 0 Å². The third-order valence-electron chi connectivity index (χ3n) is 6.42. The van der Waals surface area contributed by atoms with Crippen LogP contribution in [0.15, 0.2) is 47.1 Å². The van der Waals surface area contributed by atoms with Gasteiger partial charge >= 0.3 is 0 Å². The fourth-order valence-electron chi connectivity index (χ4n) is 4.62. The summed E-state index contributed by atoms with van der Waals surface area (Å²) >= 11 is 6.07. The van der Waals surface area contributed by atoms with Crippen molar-refractivity contribution < 1.29 is 9.21 Å². The van der Waals surface area contributed by atoms with Crippen molar-refractivity contribution in [2.24, 2.45) is 5.92 Å². The van der Waals surface area contributed by atoms with E-state index in [2.05, 4.69) is 27.3 Å². The van der Waals surface area contributed by atoms with E-state index in [0.717, 1.165) is 24.1 Å². The van der Waals surface area contributed by atoms with Crippen molar-refractivity contribution in [3.63, 3.8) is 0 Å². The highest BCUT2D eigenvalue weighted by atomic mass is 35.5. The molecule has 0 aliphatic carbocycles. The van der Waals surface area contributed by atoms with Crippen LogP contribution in [-0.4, -0.2) is 49.7 Å². The van der Waals surface area contributed by atoms with E-state index in [1.165, 1.54) is 0 Å². The summed E-state index contributed by atoms with van der Waals surface area (Å²) in [5.41, 5.74) is 3.75. The van der Waals surface area contributed by atoms with Crippen LogP contribution in [0.1, 0.15) is 41.5 Å². The number of likely N-dealkylation sites (tertiary alicyclic amines) is 1. The van der Waals surface area contributed by atoms with Crippen molar-refractivity contribution in [1.82, 2.24) is 24.6 Å². The number of carbonyl (C=O) groups is 1. The van der Waals surface area contributed by atoms with E-state index < -0.39 is 0 Å². The molecule has 1 saturated heterocycles. The van der Waals surface area contributed by atoms with Gasteiger partial charge in [-0.2, -0.15) is 10.1 Å². The van der Waals surface area contributed by atoms with Gasteiger partial charge in [0.15, 0.2) is 5.58 Å². The van der Waals surface area contributed by atoms with Crippen LogP contribution < -0.4 is 5.32 Å². The van der Waals surface area contributed by atoms with E-state index in [1.807, 2.05) is 36.9 Å². The number of nitrogens with zero attached hydrogens (tertiary/aromatic N) is 5. The van der Waals surface area contributed by atoms with Gasteiger partial charge in [0.1, 0.15) is 17.7 Å². The number of oxazole rings is 1. The first-order valence-electron chi connectivity index (χ1n) is 11.5. The molecule has 8 nitrogen and oxygen atoms in total. The number of rotatable bonds is 5. The molecule has 34 heavy (non-hydrogen) atoms. The highest BCUT2D eigenvalue weighted by Gasteiger charge is 2.33. The number of amides is 1. The monoisotopic (exact) mass is 478 g/mol. The van der Waals surface area contributed by atoms with Gasteiger partial charge in [-0.1, -0.05) is 30.2 Å². The third-order valence-corrected chi connectivity index (χ3v) is 6.66. The molecule has 2 atom stereocenters. The molecule has 4 aromatic rings. The van der Waals surface area contributed by atoms with Crippen LogP contribution in [0.4, 0.5) is 6.01 Å². The van der Waals surface area contributed by atoms with E-state index in [1.54, 1.807) is 29.2 Å². The Bertz CT molecular complexity index is 1350. The second-order valence-electron chi connectivity index (χ2n) is 8.95. The minimum atomic E-state index is -0.00862. The van der Waals surface area contributed by atoms with Crippen LogP contribution in [0.2, 0.25) is 5.02 Å². The van der Waals surface area contributed by atoms with E-state index >= 15 is 0 Å². The lowest BCUT2D eigenvalue weighted by molar-refractivity contribution is 0.0539. The van der Waals surface area contributed by atoms with Crippen LogP contribution in [-0.2, 0) is 0 Å². The molecule has 1 fully saturated rings. The third kappa shape index (κ3) is 4.37. The zero-order chi connectivity index (χ0) is 23.8. The highest BCUT2D eigenvalue weighted by molar-refractivity contribution is 6.31. The normalized spacial score (nSPS) is 18.4. The number of benzene rings is 2. The quantitative estimate of drug-likeness (QED) is 0.432. The van der Waals surface area contributed by atoms with E-state index in [4.69, 9.17) is 16.0 Å². The zero-order valence-corrected chi connectivity index (χ0v) is 20.2. The number of hydrogen-bond donors (Lipinski definition) is 1. The molecule has 1 unspecified atom stereocenters. The van der Waals surface area contributed by atoms with Crippen molar-refractivity contribution >= 4 is 34.6 Å². The largest absolute Gasteiger partial charge is 0.424 e. The van der Waals surface area contributed by atoms with Crippen LogP contribution in [0, 0.1) is 19.8 Å². The molecule has 0 saturated carbocycles. The molecular weight excluding hydrogens is 452 g/mol. The van der Waals surface area contributed by atoms with Gasteiger partial charge in [-0.3, -0.25) is 4.79 Å². The standard InChI is InChI=1S/C25H27ClN6O2/c1-15-6-8-21(32-14-28-17(3)30-32)19(11-15)24(33)31-10-4-5-16(2)22(31)13-27-25-29-20-12-18(26)7-9-23(20)34-25/h6-9,11-12,14,16,22H,4-5,10,13H2,1-3H3,(H,27,29)/t16-,22?/m1/s1. The fraction of sp³-hybridized carbons (Fsp3) is 0.360. The number of aromatic nitrogens is 4. The minimum absolute atomic E-state index is 0.00505. The number of halogens is 1. The zero-order valence-electron chi connectivity index (χ0n) is 19.5. The Labute approximate surface area is 202 Å². The van der Waals surface area contributed by atoms with Gasteiger partial charge in [0, 0.05) is 18.1 Å². The summed E-state index contributed by atoms with van der Waals surface area (Å²) in [6, 6.07) is 11.6. The molecule has 3 heterocycles. The summed E-state index contributed by atoms with van der Waals surface area (Å²) in [6.07, 6.45) is 3.67. The Morgan fingerprint density at radius 1 is 1.24 bits per heavy atom. The summed E-state index contributed by atoms with van der Waals surface area (Å²) in [5.74, 6) is 0.979. The molecule has 0 radical (unpaired) electrons. The first-order valence-corrected chi connectivity index (χ1v) is 11.9. The number of nitrogens with one attached hydrogen (secondary N) is 1. The Morgan fingerprint density at radius 2 is 2.09 bits per heavy atom. The van der Waals surface area contributed by atoms with Gasteiger partial charge < -0.3 is 14.6 Å². The van der Waals surface area contributed by atoms with E-state index in [0.29, 0.717) is 52.5 Å². The average Bonchev–Trinajstić information content (AvgIpc) is 3.43. The molecule has 5 rings (SSSR count). The van der Waals surface area contributed by atoms with Crippen molar-refractivity contribution in [2.75, 3.05) is 18.4 Å². The average molecular weight is 479 g/mol. The molecule has 1 amide bonds. The SMILES string of the molecule is Cc1ccc(-n2cnc(C)n2)c(C(=O)N2CCC[C@@H](C)C2CNc2nc3cc(Cl)ccc3o2)c1. The molecule has 176 valence electrons. The minimum Gasteiger partial charge on any atom is -0.424 e. The van der Waals surface area contributed by atoms with Gasteiger partial charge in [-0.25, -0.2) is 9.67 Å². The molecule has 1 aliphatic rings. The first kappa shape index (κ1) is 22.4. The second kappa shape index (κ2) is 9.10. The topological polar surface area (TPSA) is 89.1 Å². The lowest BCUT2D eigenvalue weighted by Gasteiger charge is -2.40. The van der Waals surface area contributed by atoms with Gasteiger partial charge in [0.05, 0.1) is 17.3 Å². The number of aryl methyl sites for hydroxylation is 2. The maximum absolute atomic E-state index is 13.9. The summed E-state index contributed by atoms with van der Waals surface area (Å²) in [6.45, 7) is 7.25. The number of carbonyl (C=O) groups excluding carboxylic acids is 1. The van der Waals surface area contributed by atoms with E-state index in [9.17, 15) is 4.79 Å². The molecule has 1 N–H and O–H groups in total. The molecule has 2 aromatic heterocycles. The number of anilines is 1. The van der Waals surface area contributed by atoms with Gasteiger partial charge in [-0.05, 0) is 62.9 Å². The predicted octanol–water partition coefficient (Wildman–Crippen LogP) is 5.03. The Morgan fingerprint density at radius 3 is 2.88 bits per heavy atom. The highest BCUT2D eigenvalue weighted by Crippen LogP contribution is 2.28. The number of piperidine rings is 1. The van der Waals surface area contributed by atoms with Crippen LogP contribution >= 0.6 is 11.6 Å². The molecular formula is C25H27ClN6O2. The lowest BCUT2D eigenvalue weighted by Crippen LogP contribution is -2.51. The van der Waals surface area contributed by atoms with Gasteiger partial charge in [0.2, 0.25) is 0 Å². The molecule has 0 bridgehead atoms. The Hall–Kier alpha value is -3.39. The molecule has 2 aromatic carbocycles. The number of fused-ring (bicyclic) bond motifs is 1. The predicted molar refractivity (Wildman–Crippen MR) is 132 cm³/mol. The van der Waals surface area contributed by atoms with Crippen molar-refractivity contribution in [2.45, 2.75) is 39.7 Å². The van der Waals surface area contributed by atoms with Crippen LogP contribution in [0.5, 0.6) is 0 Å². The van der Waals surface area contributed by atoms with Crippen molar-refractivity contribution in [3.8, 4) is 5.69 Å². The fourth-order valence-corrected chi connectivity index (χ4v) is 4.78. The Balaban J connectivity index is 1.41. The number of hydrogen-bond acceptors (Lipinski definition) is 6.